The van der Waals surface area contributed by atoms with E-state index in [1.807, 2.05) is 31.2 Å². The van der Waals surface area contributed by atoms with Crippen molar-refractivity contribution in [3.8, 4) is 5.75 Å². The molecule has 2 aromatic rings. The van der Waals surface area contributed by atoms with E-state index in [0.29, 0.717) is 0 Å². The maximum absolute atomic E-state index is 12.2. The van der Waals surface area contributed by atoms with Crippen molar-refractivity contribution in [2.24, 2.45) is 5.92 Å². The fraction of sp³-hybridized carbons (Fsp3) is 0.458. The topological polar surface area (TPSA) is 41.6 Å². The number of rotatable bonds is 7. The van der Waals surface area contributed by atoms with Crippen LogP contribution in [0.15, 0.2) is 48.5 Å². The van der Waals surface area contributed by atoms with E-state index in [1.54, 1.807) is 0 Å². The molecule has 4 nitrogen and oxygen atoms in total. The van der Waals surface area contributed by atoms with Gasteiger partial charge in [-0.3, -0.25) is 4.79 Å². The zero-order valence-electron chi connectivity index (χ0n) is 17.3. The van der Waals surface area contributed by atoms with Gasteiger partial charge in [-0.15, -0.1) is 0 Å². The highest BCUT2D eigenvalue weighted by Gasteiger charge is 2.17. The second-order valence-electron chi connectivity index (χ2n) is 7.86. The van der Waals surface area contributed by atoms with Gasteiger partial charge < -0.3 is 15.0 Å². The number of ether oxygens (including phenoxy) is 1. The number of hydrogen-bond acceptors (Lipinski definition) is 3. The number of amides is 1. The Kier molecular flexibility index (Phi) is 6.96. The minimum atomic E-state index is -0.110. The molecule has 1 N–H and O–H groups in total. The van der Waals surface area contributed by atoms with Gasteiger partial charge in [0.1, 0.15) is 5.75 Å². The van der Waals surface area contributed by atoms with Gasteiger partial charge in [-0.05, 0) is 67.5 Å². The zero-order valence-corrected chi connectivity index (χ0v) is 17.3. The highest BCUT2D eigenvalue weighted by molar-refractivity contribution is 5.78. The normalized spacial score (nSPS) is 17.8. The third-order valence-corrected chi connectivity index (χ3v) is 5.49. The summed E-state index contributed by atoms with van der Waals surface area (Å²) in [5.41, 5.74) is 3.63. The summed E-state index contributed by atoms with van der Waals surface area (Å²) in [4.78, 5) is 14.7. The number of nitrogens with zero attached hydrogens (tertiary/aromatic N) is 1. The number of piperidine rings is 1. The first-order valence-electron chi connectivity index (χ1n) is 10.4. The van der Waals surface area contributed by atoms with Gasteiger partial charge in [0.2, 0.25) is 0 Å². The molecule has 0 unspecified atom stereocenters. The fourth-order valence-corrected chi connectivity index (χ4v) is 3.73. The Morgan fingerprint density at radius 1 is 1.18 bits per heavy atom. The van der Waals surface area contributed by atoms with Crippen molar-refractivity contribution in [3.05, 3.63) is 59.7 Å². The van der Waals surface area contributed by atoms with Crippen LogP contribution in [0.4, 0.5) is 5.69 Å². The van der Waals surface area contributed by atoms with E-state index in [9.17, 15) is 4.79 Å². The summed E-state index contributed by atoms with van der Waals surface area (Å²) in [6.07, 6.45) is 3.58. The van der Waals surface area contributed by atoms with Crippen LogP contribution in [0.1, 0.15) is 50.8 Å². The molecule has 1 aliphatic heterocycles. The van der Waals surface area contributed by atoms with Gasteiger partial charge >= 0.3 is 0 Å². The summed E-state index contributed by atoms with van der Waals surface area (Å²) < 4.78 is 5.59. The number of carbonyl (C=O) groups excluding carboxylic acids is 1. The first-order valence-corrected chi connectivity index (χ1v) is 10.4. The molecule has 0 aliphatic carbocycles. The van der Waals surface area contributed by atoms with E-state index in [-0.39, 0.29) is 18.6 Å². The summed E-state index contributed by atoms with van der Waals surface area (Å²) in [6.45, 7) is 8.73. The van der Waals surface area contributed by atoms with Crippen LogP contribution in [0, 0.1) is 5.92 Å². The monoisotopic (exact) mass is 380 g/mol. The van der Waals surface area contributed by atoms with E-state index in [0.717, 1.165) is 36.7 Å². The fourth-order valence-electron chi connectivity index (χ4n) is 3.73. The molecular formula is C24H32N2O2. The zero-order chi connectivity index (χ0) is 19.9. The summed E-state index contributed by atoms with van der Waals surface area (Å²) >= 11 is 0. The number of carbonyl (C=O) groups is 1. The van der Waals surface area contributed by atoms with Gasteiger partial charge in [-0.1, -0.05) is 38.1 Å². The Balaban J connectivity index is 1.49. The van der Waals surface area contributed by atoms with Gasteiger partial charge in [0.05, 0.1) is 6.04 Å². The highest BCUT2D eigenvalue weighted by atomic mass is 16.5. The maximum Gasteiger partial charge on any atom is 0.258 e. The molecule has 1 heterocycles. The smallest absolute Gasteiger partial charge is 0.258 e. The number of benzene rings is 2. The highest BCUT2D eigenvalue weighted by Crippen LogP contribution is 2.24. The first-order chi connectivity index (χ1) is 13.5. The molecule has 1 saturated heterocycles. The van der Waals surface area contributed by atoms with Crippen LogP contribution < -0.4 is 15.0 Å². The Bertz CT molecular complexity index is 755. The van der Waals surface area contributed by atoms with Crippen molar-refractivity contribution in [2.45, 2.75) is 46.1 Å². The standard InChI is InChI=1S/C24H32N2O2/c1-4-20-7-13-23(14-8-20)28-17-24(27)25-19(3)21-9-11-22(12-10-21)26-15-5-6-18(2)16-26/h7-14,18-19H,4-6,15-17H2,1-3H3,(H,25,27)/t18-,19-/m0/s1. The lowest BCUT2D eigenvalue weighted by Gasteiger charge is -2.33. The van der Waals surface area contributed by atoms with E-state index in [1.165, 1.54) is 24.1 Å². The third kappa shape index (κ3) is 5.51. The van der Waals surface area contributed by atoms with E-state index in [2.05, 4.69) is 48.3 Å². The Labute approximate surface area is 168 Å². The van der Waals surface area contributed by atoms with Crippen molar-refractivity contribution >= 4 is 11.6 Å². The molecular weight excluding hydrogens is 348 g/mol. The number of aryl methyl sites for hydroxylation is 1. The van der Waals surface area contributed by atoms with Crippen molar-refractivity contribution < 1.29 is 9.53 Å². The molecule has 150 valence electrons. The minimum absolute atomic E-state index is 0.0273. The summed E-state index contributed by atoms with van der Waals surface area (Å²) in [7, 11) is 0. The van der Waals surface area contributed by atoms with Gasteiger partial charge in [-0.25, -0.2) is 0 Å². The van der Waals surface area contributed by atoms with Crippen molar-refractivity contribution in [2.75, 3.05) is 24.6 Å². The second-order valence-corrected chi connectivity index (χ2v) is 7.86. The molecule has 1 amide bonds. The Morgan fingerprint density at radius 3 is 2.54 bits per heavy atom. The number of anilines is 1. The largest absolute Gasteiger partial charge is 0.484 e. The van der Waals surface area contributed by atoms with Gasteiger partial charge in [-0.2, -0.15) is 0 Å². The first kappa shape index (κ1) is 20.2. The SMILES string of the molecule is CCc1ccc(OCC(=O)N[C@@H](C)c2ccc(N3CCC[C@H](C)C3)cc2)cc1. The van der Waals surface area contributed by atoms with Gasteiger partial charge in [0.15, 0.2) is 6.61 Å². The van der Waals surface area contributed by atoms with Crippen molar-refractivity contribution in [1.29, 1.82) is 0 Å². The molecule has 0 spiro atoms. The van der Waals surface area contributed by atoms with E-state index in [4.69, 9.17) is 4.74 Å². The van der Waals surface area contributed by atoms with Crippen molar-refractivity contribution in [1.82, 2.24) is 5.32 Å². The number of hydrogen-bond donors (Lipinski definition) is 1. The minimum Gasteiger partial charge on any atom is -0.484 e. The quantitative estimate of drug-likeness (QED) is 0.754. The lowest BCUT2D eigenvalue weighted by molar-refractivity contribution is -0.123. The molecule has 1 aliphatic rings. The lowest BCUT2D eigenvalue weighted by atomic mass is 9.99. The van der Waals surface area contributed by atoms with E-state index >= 15 is 0 Å². The predicted molar refractivity (Wildman–Crippen MR) is 115 cm³/mol. The maximum atomic E-state index is 12.2. The molecule has 1 fully saturated rings. The molecule has 0 saturated carbocycles. The summed E-state index contributed by atoms with van der Waals surface area (Å²) in [5.74, 6) is 1.37. The molecule has 3 rings (SSSR count). The van der Waals surface area contributed by atoms with Crippen LogP contribution in [-0.4, -0.2) is 25.6 Å². The Hall–Kier alpha value is -2.49. The molecule has 2 atom stereocenters. The van der Waals surface area contributed by atoms with Crippen LogP contribution in [-0.2, 0) is 11.2 Å². The van der Waals surface area contributed by atoms with Crippen LogP contribution in [0.2, 0.25) is 0 Å². The molecule has 0 aromatic heterocycles. The van der Waals surface area contributed by atoms with Gasteiger partial charge in [0, 0.05) is 18.8 Å². The predicted octanol–water partition coefficient (Wildman–Crippen LogP) is 4.74. The molecule has 2 aromatic carbocycles. The molecule has 28 heavy (non-hydrogen) atoms. The number of nitrogens with one attached hydrogen (secondary N) is 1. The summed E-state index contributed by atoms with van der Waals surface area (Å²) in [5, 5.41) is 3.02. The molecule has 4 heteroatoms. The average molecular weight is 381 g/mol. The average Bonchev–Trinajstić information content (AvgIpc) is 2.72. The van der Waals surface area contributed by atoms with Crippen molar-refractivity contribution in [3.63, 3.8) is 0 Å². The van der Waals surface area contributed by atoms with Crippen LogP contribution in [0.5, 0.6) is 5.75 Å². The van der Waals surface area contributed by atoms with Crippen LogP contribution in [0.25, 0.3) is 0 Å². The summed E-state index contributed by atoms with van der Waals surface area (Å²) in [6, 6.07) is 16.4. The second kappa shape index (κ2) is 9.63. The van der Waals surface area contributed by atoms with E-state index < -0.39 is 0 Å². The molecule has 0 radical (unpaired) electrons. The van der Waals surface area contributed by atoms with Crippen LogP contribution in [0.3, 0.4) is 0 Å². The molecule has 0 bridgehead atoms. The Morgan fingerprint density at radius 2 is 1.89 bits per heavy atom. The lowest BCUT2D eigenvalue weighted by Crippen LogP contribution is -2.34. The van der Waals surface area contributed by atoms with Gasteiger partial charge in [0.25, 0.3) is 5.91 Å². The van der Waals surface area contributed by atoms with Crippen LogP contribution >= 0.6 is 0 Å². The third-order valence-electron chi connectivity index (χ3n) is 5.49.